The number of hydrogen-bond acceptors (Lipinski definition) is 6. The molecule has 7 rings (SSSR count). The highest BCUT2D eigenvalue weighted by molar-refractivity contribution is 6.02. The van der Waals surface area contributed by atoms with Gasteiger partial charge in [-0.1, -0.05) is 6.07 Å². The molecule has 2 fully saturated rings. The number of carbonyl (C=O) groups is 3. The second-order valence-corrected chi connectivity index (χ2v) is 10.2. The number of ether oxygens (including phenoxy) is 1. The van der Waals surface area contributed by atoms with Gasteiger partial charge < -0.3 is 24.7 Å². The van der Waals surface area contributed by atoms with Gasteiger partial charge in [-0.15, -0.1) is 0 Å². The summed E-state index contributed by atoms with van der Waals surface area (Å²) in [4.78, 5) is 44.5. The molecule has 38 heavy (non-hydrogen) atoms. The molecule has 10 nitrogen and oxygen atoms in total. The van der Waals surface area contributed by atoms with Crippen molar-refractivity contribution in [1.29, 1.82) is 0 Å². The Morgan fingerprint density at radius 3 is 2.71 bits per heavy atom. The Kier molecular flexibility index (Phi) is 4.93. The number of rotatable bonds is 6. The fourth-order valence-electron chi connectivity index (χ4n) is 5.34. The first-order valence-corrected chi connectivity index (χ1v) is 12.3. The molecule has 4 amide bonds. The summed E-state index contributed by atoms with van der Waals surface area (Å²) in [5.74, 6) is -2.04. The summed E-state index contributed by atoms with van der Waals surface area (Å²) in [6.07, 6.45) is 2.09. The van der Waals surface area contributed by atoms with Crippen molar-refractivity contribution < 1.29 is 37.2 Å². The minimum atomic E-state index is -1.42. The molecule has 1 saturated heterocycles. The Hall–Kier alpha value is -4.19. The van der Waals surface area contributed by atoms with E-state index in [1.165, 1.54) is 11.0 Å². The van der Waals surface area contributed by atoms with Crippen molar-refractivity contribution in [2.75, 3.05) is 19.8 Å². The van der Waals surface area contributed by atoms with E-state index in [9.17, 15) is 14.4 Å². The predicted octanol–water partition coefficient (Wildman–Crippen LogP) is 2.84. The maximum Gasteiger partial charge on any atom is 0.339 e. The van der Waals surface area contributed by atoms with E-state index in [0.29, 0.717) is 29.0 Å². The summed E-state index contributed by atoms with van der Waals surface area (Å²) in [5.41, 5.74) is 1.44. The summed E-state index contributed by atoms with van der Waals surface area (Å²) in [6, 6.07) is 5.69. The van der Waals surface area contributed by atoms with E-state index in [4.69, 9.17) is 14.0 Å². The number of halogens is 2. The number of furan rings is 1. The van der Waals surface area contributed by atoms with Crippen LogP contribution in [0, 0.1) is 17.6 Å². The molecule has 1 aromatic heterocycles. The Labute approximate surface area is 214 Å². The van der Waals surface area contributed by atoms with Gasteiger partial charge in [0, 0.05) is 18.5 Å². The minimum absolute atomic E-state index is 0.0314. The summed E-state index contributed by atoms with van der Waals surface area (Å²) < 4.78 is 42.0. The smallest absolute Gasteiger partial charge is 0.339 e. The van der Waals surface area contributed by atoms with Crippen molar-refractivity contribution in [3.8, 4) is 5.75 Å². The van der Waals surface area contributed by atoms with Crippen LogP contribution in [-0.4, -0.2) is 42.5 Å². The lowest BCUT2D eigenvalue weighted by molar-refractivity contribution is -0.0284. The lowest BCUT2D eigenvalue weighted by Crippen LogP contribution is -2.62. The second-order valence-electron chi connectivity index (χ2n) is 10.2. The molecule has 12 heteroatoms. The number of urea groups is 1. The average molecular weight is 524 g/mol. The summed E-state index contributed by atoms with van der Waals surface area (Å²) >= 11 is 0. The number of carbonyl (C=O) groups excluding carboxylic acids is 3. The fourth-order valence-corrected chi connectivity index (χ4v) is 5.34. The molecule has 196 valence electrons. The molecular weight excluding hydrogens is 502 g/mol. The van der Waals surface area contributed by atoms with Gasteiger partial charge in [0.1, 0.15) is 17.9 Å². The highest BCUT2D eigenvalue weighted by atomic mass is 19.1. The maximum absolute atomic E-state index is 15.3. The van der Waals surface area contributed by atoms with Gasteiger partial charge in [0.2, 0.25) is 0 Å². The normalized spacial score (nSPS) is 22.3. The van der Waals surface area contributed by atoms with Crippen molar-refractivity contribution in [3.05, 3.63) is 63.9 Å². The zero-order chi connectivity index (χ0) is 26.2. The molecule has 3 aromatic rings. The van der Waals surface area contributed by atoms with E-state index in [2.05, 4.69) is 16.1 Å². The van der Waals surface area contributed by atoms with Crippen LogP contribution in [0.4, 0.5) is 13.6 Å². The maximum atomic E-state index is 15.3. The third-order valence-electron chi connectivity index (χ3n) is 7.49. The molecular formula is C26H22F2N4O6. The lowest BCUT2D eigenvalue weighted by atomic mass is 9.95. The first kappa shape index (κ1) is 23.0. The van der Waals surface area contributed by atoms with Crippen LogP contribution in [0.1, 0.15) is 50.4 Å². The molecule has 3 aliphatic heterocycles. The molecule has 2 aromatic carbocycles. The van der Waals surface area contributed by atoms with Crippen LogP contribution < -0.4 is 20.9 Å². The molecule has 0 radical (unpaired) electrons. The molecule has 1 atom stereocenters. The molecule has 3 N–H and O–H groups in total. The topological polar surface area (TPSA) is 122 Å². The number of hydroxylamine groups is 1. The van der Waals surface area contributed by atoms with E-state index in [1.54, 1.807) is 18.2 Å². The van der Waals surface area contributed by atoms with Gasteiger partial charge in [0.05, 0.1) is 24.3 Å². The first-order valence-electron chi connectivity index (χ1n) is 12.3. The number of benzene rings is 2. The van der Waals surface area contributed by atoms with Crippen LogP contribution in [0.25, 0.3) is 11.0 Å². The largest absolute Gasteiger partial charge is 0.490 e. The zero-order valence-electron chi connectivity index (χ0n) is 20.0. The van der Waals surface area contributed by atoms with Crippen LogP contribution in [0.3, 0.4) is 0 Å². The van der Waals surface area contributed by atoms with Crippen molar-refractivity contribution in [2.45, 2.75) is 31.5 Å². The van der Waals surface area contributed by atoms with E-state index in [-0.39, 0.29) is 54.5 Å². The summed E-state index contributed by atoms with van der Waals surface area (Å²) in [7, 11) is 0. The Bertz CT molecular complexity index is 1550. The van der Waals surface area contributed by atoms with Gasteiger partial charge in [-0.2, -0.15) is 0 Å². The van der Waals surface area contributed by atoms with Crippen LogP contribution in [0.2, 0.25) is 0 Å². The third kappa shape index (κ3) is 3.51. The molecule has 1 saturated carbocycles. The van der Waals surface area contributed by atoms with Crippen molar-refractivity contribution in [1.82, 2.24) is 21.0 Å². The van der Waals surface area contributed by atoms with E-state index in [1.807, 2.05) is 0 Å². The lowest BCUT2D eigenvalue weighted by Gasteiger charge is -2.38. The number of amides is 4. The first-order chi connectivity index (χ1) is 18.3. The van der Waals surface area contributed by atoms with Gasteiger partial charge in [0.15, 0.2) is 23.0 Å². The van der Waals surface area contributed by atoms with Crippen molar-refractivity contribution in [2.24, 2.45) is 5.92 Å². The SMILES string of the molecule is O=C1NOC[C@](CN2Cc3ccc(OCC4CC4)c(F)c3C2=O)(c2cc3cc4c(c(F)c3o2)C(=O)NC4)N1. The van der Waals surface area contributed by atoms with Crippen molar-refractivity contribution in [3.63, 3.8) is 0 Å². The van der Waals surface area contributed by atoms with Gasteiger partial charge in [-0.3, -0.25) is 14.4 Å². The highest BCUT2D eigenvalue weighted by Crippen LogP contribution is 2.38. The number of fused-ring (bicyclic) bond motifs is 3. The Morgan fingerprint density at radius 2 is 1.92 bits per heavy atom. The summed E-state index contributed by atoms with van der Waals surface area (Å²) in [5, 5.41) is 5.72. The van der Waals surface area contributed by atoms with Crippen LogP contribution >= 0.6 is 0 Å². The molecule has 0 bridgehead atoms. The molecule has 0 spiro atoms. The van der Waals surface area contributed by atoms with E-state index < -0.39 is 35.0 Å². The van der Waals surface area contributed by atoms with Crippen LogP contribution in [-0.2, 0) is 23.5 Å². The van der Waals surface area contributed by atoms with Gasteiger partial charge >= 0.3 is 6.03 Å². The second kappa shape index (κ2) is 8.15. The zero-order valence-corrected chi connectivity index (χ0v) is 20.0. The molecule has 1 aliphatic carbocycles. The Balaban J connectivity index is 1.23. The van der Waals surface area contributed by atoms with E-state index in [0.717, 1.165) is 12.8 Å². The number of hydrogen-bond donors (Lipinski definition) is 3. The predicted molar refractivity (Wildman–Crippen MR) is 126 cm³/mol. The standard InChI is InChI=1S/C26H22F2N4O6/c27-20-16(36-9-12-1-2-12)4-3-13-8-32(24(34)19(13)20)10-26(11-37-31-25(35)30-26)17-6-14-5-15-7-29-23(33)18(15)21(28)22(14)38-17/h3-6,12H,1-2,7-11H2,(H,29,33)(H2,30,31,35)/t26-/m1/s1. The minimum Gasteiger partial charge on any atom is -0.490 e. The number of nitrogens with one attached hydrogen (secondary N) is 3. The van der Waals surface area contributed by atoms with Gasteiger partial charge in [-0.25, -0.2) is 19.1 Å². The van der Waals surface area contributed by atoms with Crippen molar-refractivity contribution >= 4 is 28.8 Å². The average Bonchev–Trinajstić information content (AvgIpc) is 3.35. The number of nitrogens with zero attached hydrogens (tertiary/aromatic N) is 1. The monoisotopic (exact) mass is 524 g/mol. The van der Waals surface area contributed by atoms with E-state index >= 15 is 8.78 Å². The third-order valence-corrected chi connectivity index (χ3v) is 7.49. The highest BCUT2D eigenvalue weighted by Gasteiger charge is 2.46. The summed E-state index contributed by atoms with van der Waals surface area (Å²) in [6.45, 7) is 0.365. The quantitative estimate of drug-likeness (QED) is 0.456. The Morgan fingerprint density at radius 1 is 1.08 bits per heavy atom. The van der Waals surface area contributed by atoms with Gasteiger partial charge in [0.25, 0.3) is 11.8 Å². The molecule has 4 aliphatic rings. The van der Waals surface area contributed by atoms with Gasteiger partial charge in [-0.05, 0) is 48.1 Å². The molecule has 0 unspecified atom stereocenters. The van der Waals surface area contributed by atoms with Crippen LogP contribution in [0.15, 0.2) is 28.7 Å². The van der Waals surface area contributed by atoms with Crippen LogP contribution in [0.5, 0.6) is 5.75 Å². The molecule has 4 heterocycles. The fraction of sp³-hybridized carbons (Fsp3) is 0.346.